The maximum Gasteiger partial charge on any atom is 0.276 e. The SMILES string of the molecule is O=C(Nc1cccc(F)c1)c1ncsc1S(=O)c1ccc(Cl)cc1. The molecule has 24 heavy (non-hydrogen) atoms. The predicted molar refractivity (Wildman–Crippen MR) is 92.6 cm³/mol. The van der Waals surface area contributed by atoms with E-state index in [2.05, 4.69) is 10.3 Å². The molecule has 1 unspecified atom stereocenters. The number of hydrogen-bond donors (Lipinski definition) is 1. The average Bonchev–Trinajstić information content (AvgIpc) is 3.04. The van der Waals surface area contributed by atoms with Crippen LogP contribution >= 0.6 is 22.9 Å². The molecule has 4 nitrogen and oxygen atoms in total. The third-order valence-corrected chi connectivity index (χ3v) is 5.87. The molecule has 0 fully saturated rings. The Morgan fingerprint density at radius 3 is 2.67 bits per heavy atom. The van der Waals surface area contributed by atoms with E-state index in [0.29, 0.717) is 19.8 Å². The highest BCUT2D eigenvalue weighted by atomic mass is 35.5. The van der Waals surface area contributed by atoms with E-state index in [-0.39, 0.29) is 5.69 Å². The van der Waals surface area contributed by atoms with Crippen molar-refractivity contribution in [2.45, 2.75) is 9.10 Å². The number of benzene rings is 2. The number of carbonyl (C=O) groups is 1. The van der Waals surface area contributed by atoms with Crippen molar-refractivity contribution in [3.05, 3.63) is 70.6 Å². The van der Waals surface area contributed by atoms with Gasteiger partial charge in [-0.15, -0.1) is 11.3 Å². The first kappa shape index (κ1) is 16.8. The highest BCUT2D eigenvalue weighted by molar-refractivity contribution is 7.87. The molecule has 1 heterocycles. The van der Waals surface area contributed by atoms with Crippen LogP contribution in [0.25, 0.3) is 0 Å². The van der Waals surface area contributed by atoms with Crippen LogP contribution in [0.1, 0.15) is 10.5 Å². The van der Waals surface area contributed by atoms with E-state index < -0.39 is 22.5 Å². The molecule has 0 aliphatic heterocycles. The van der Waals surface area contributed by atoms with Crippen molar-refractivity contribution in [1.29, 1.82) is 0 Å². The van der Waals surface area contributed by atoms with E-state index in [1.165, 1.54) is 23.7 Å². The molecule has 3 rings (SSSR count). The van der Waals surface area contributed by atoms with E-state index in [9.17, 15) is 13.4 Å². The van der Waals surface area contributed by atoms with Gasteiger partial charge in [0, 0.05) is 15.6 Å². The Bertz CT molecular complexity index is 912. The van der Waals surface area contributed by atoms with Crippen molar-refractivity contribution in [3.63, 3.8) is 0 Å². The second-order valence-corrected chi connectivity index (χ2v) is 7.64. The topological polar surface area (TPSA) is 59.1 Å². The van der Waals surface area contributed by atoms with Crippen LogP contribution in [-0.4, -0.2) is 15.1 Å². The molecule has 0 radical (unpaired) electrons. The van der Waals surface area contributed by atoms with Gasteiger partial charge in [0.1, 0.15) is 10.0 Å². The van der Waals surface area contributed by atoms with Gasteiger partial charge in [-0.25, -0.2) is 13.6 Å². The molecule has 8 heteroatoms. The zero-order chi connectivity index (χ0) is 17.1. The predicted octanol–water partition coefficient (Wildman–Crippen LogP) is 4.35. The summed E-state index contributed by atoms with van der Waals surface area (Å²) in [6.07, 6.45) is 0. The van der Waals surface area contributed by atoms with Gasteiger partial charge in [0.15, 0.2) is 5.69 Å². The molecule has 1 atom stereocenters. The average molecular weight is 381 g/mol. The smallest absolute Gasteiger partial charge is 0.276 e. The van der Waals surface area contributed by atoms with Crippen LogP contribution in [0.5, 0.6) is 0 Å². The summed E-state index contributed by atoms with van der Waals surface area (Å²) in [7, 11) is -1.56. The Kier molecular flexibility index (Phi) is 5.03. The van der Waals surface area contributed by atoms with Gasteiger partial charge in [-0.3, -0.25) is 4.79 Å². The quantitative estimate of drug-likeness (QED) is 0.731. The molecule has 1 N–H and O–H groups in total. The number of aromatic nitrogens is 1. The molecule has 0 aliphatic carbocycles. The molecule has 1 aromatic heterocycles. The Hall–Kier alpha value is -2.09. The Labute approximate surface area is 148 Å². The number of thiazole rings is 1. The molecule has 3 aromatic rings. The van der Waals surface area contributed by atoms with Gasteiger partial charge in [0.05, 0.1) is 16.3 Å². The first-order valence-electron chi connectivity index (χ1n) is 6.72. The van der Waals surface area contributed by atoms with Crippen LogP contribution in [0.2, 0.25) is 5.02 Å². The van der Waals surface area contributed by atoms with Crippen LogP contribution in [-0.2, 0) is 10.8 Å². The molecule has 0 saturated heterocycles. The molecule has 0 spiro atoms. The van der Waals surface area contributed by atoms with E-state index in [4.69, 9.17) is 11.6 Å². The summed E-state index contributed by atoms with van der Waals surface area (Å²) in [5, 5.41) is 3.08. The second kappa shape index (κ2) is 7.21. The summed E-state index contributed by atoms with van der Waals surface area (Å²) >= 11 is 6.94. The number of nitrogens with one attached hydrogen (secondary N) is 1. The number of hydrogen-bond acceptors (Lipinski definition) is 4. The Balaban J connectivity index is 1.85. The molecule has 122 valence electrons. The molecule has 0 aliphatic rings. The lowest BCUT2D eigenvalue weighted by Crippen LogP contribution is -2.14. The zero-order valence-electron chi connectivity index (χ0n) is 12.0. The summed E-state index contributed by atoms with van der Waals surface area (Å²) < 4.78 is 26.2. The number of halogens is 2. The van der Waals surface area contributed by atoms with Crippen LogP contribution in [0.3, 0.4) is 0 Å². The Morgan fingerprint density at radius 1 is 1.21 bits per heavy atom. The number of nitrogens with zero attached hydrogens (tertiary/aromatic N) is 1. The van der Waals surface area contributed by atoms with E-state index >= 15 is 0 Å². The van der Waals surface area contributed by atoms with E-state index in [1.54, 1.807) is 30.3 Å². The normalized spacial score (nSPS) is 11.9. The van der Waals surface area contributed by atoms with Crippen LogP contribution in [0, 0.1) is 5.82 Å². The van der Waals surface area contributed by atoms with Crippen LogP contribution < -0.4 is 5.32 Å². The summed E-state index contributed by atoms with van der Waals surface area (Å²) in [4.78, 5) is 16.9. The third kappa shape index (κ3) is 3.69. The zero-order valence-corrected chi connectivity index (χ0v) is 14.4. The first-order valence-corrected chi connectivity index (χ1v) is 9.13. The highest BCUT2D eigenvalue weighted by Gasteiger charge is 2.21. The minimum absolute atomic E-state index is 0.0533. The van der Waals surface area contributed by atoms with Crippen LogP contribution in [0.4, 0.5) is 10.1 Å². The van der Waals surface area contributed by atoms with E-state index in [1.807, 2.05) is 0 Å². The Morgan fingerprint density at radius 2 is 1.96 bits per heavy atom. The van der Waals surface area contributed by atoms with Gasteiger partial charge in [0.25, 0.3) is 5.91 Å². The van der Waals surface area contributed by atoms with Gasteiger partial charge in [-0.05, 0) is 42.5 Å². The summed E-state index contributed by atoms with van der Waals surface area (Å²) in [5.74, 6) is -1.00. The molecular weight excluding hydrogens is 371 g/mol. The van der Waals surface area contributed by atoms with Gasteiger partial charge >= 0.3 is 0 Å². The fourth-order valence-corrected chi connectivity index (χ4v) is 4.26. The van der Waals surface area contributed by atoms with Crippen molar-refractivity contribution in [3.8, 4) is 0 Å². The number of carbonyl (C=O) groups excluding carboxylic acids is 1. The minimum Gasteiger partial charge on any atom is -0.320 e. The maximum atomic E-state index is 13.2. The number of amides is 1. The minimum atomic E-state index is -1.56. The molecule has 0 saturated carbocycles. The second-order valence-electron chi connectivity index (χ2n) is 4.68. The van der Waals surface area contributed by atoms with Crippen molar-refractivity contribution in [2.75, 3.05) is 5.32 Å². The fourth-order valence-electron chi connectivity index (χ4n) is 1.94. The third-order valence-electron chi connectivity index (χ3n) is 3.03. The lowest BCUT2D eigenvalue weighted by atomic mass is 10.3. The van der Waals surface area contributed by atoms with Crippen molar-refractivity contribution < 1.29 is 13.4 Å². The van der Waals surface area contributed by atoms with Crippen molar-refractivity contribution in [2.24, 2.45) is 0 Å². The number of anilines is 1. The first-order chi connectivity index (χ1) is 11.5. The fraction of sp³-hybridized carbons (Fsp3) is 0. The van der Waals surface area contributed by atoms with Gasteiger partial charge in [-0.2, -0.15) is 0 Å². The highest BCUT2D eigenvalue weighted by Crippen LogP contribution is 2.25. The van der Waals surface area contributed by atoms with E-state index in [0.717, 1.165) is 11.3 Å². The van der Waals surface area contributed by atoms with Crippen molar-refractivity contribution in [1.82, 2.24) is 4.98 Å². The molecule has 1 amide bonds. The summed E-state index contributed by atoms with van der Waals surface area (Å²) in [6.45, 7) is 0. The molecule has 2 aromatic carbocycles. The standard InChI is InChI=1S/C16H10ClFN2O2S2/c17-10-4-6-13(7-5-10)24(22)16-14(19-9-23-16)15(21)20-12-3-1-2-11(18)8-12/h1-9H,(H,20,21). The monoisotopic (exact) mass is 380 g/mol. The van der Waals surface area contributed by atoms with Crippen molar-refractivity contribution >= 4 is 45.3 Å². The largest absolute Gasteiger partial charge is 0.320 e. The van der Waals surface area contributed by atoms with Gasteiger partial charge in [0.2, 0.25) is 0 Å². The van der Waals surface area contributed by atoms with Gasteiger partial charge in [-0.1, -0.05) is 17.7 Å². The summed E-state index contributed by atoms with van der Waals surface area (Å²) in [5.41, 5.74) is 1.80. The number of rotatable bonds is 4. The lowest BCUT2D eigenvalue weighted by Gasteiger charge is -2.05. The van der Waals surface area contributed by atoms with Gasteiger partial charge < -0.3 is 5.32 Å². The summed E-state index contributed by atoms with van der Waals surface area (Å²) in [6, 6.07) is 12.0. The molecular formula is C16H10ClFN2O2S2. The molecule has 0 bridgehead atoms. The van der Waals surface area contributed by atoms with Crippen LogP contribution in [0.15, 0.2) is 63.1 Å². The lowest BCUT2D eigenvalue weighted by molar-refractivity contribution is 0.102. The maximum absolute atomic E-state index is 13.2.